The van der Waals surface area contributed by atoms with E-state index >= 15 is 0 Å². The van der Waals surface area contributed by atoms with Gasteiger partial charge in [-0.15, -0.1) is 0 Å². The van der Waals surface area contributed by atoms with Crippen LogP contribution in [-0.2, 0) is 9.53 Å². The minimum atomic E-state index is -0.909. The summed E-state index contributed by atoms with van der Waals surface area (Å²) >= 11 is 0. The van der Waals surface area contributed by atoms with Crippen LogP contribution in [-0.4, -0.2) is 53.2 Å². The standard InChI is InChI=1S/C22H20N2O4/c25-20(24-11-15-12-28-9-7-22(15,13-24)21(26)27)18-10-14-4-1-2-5-16(14)17-6-3-8-23-19(17)18/h1-6,8,10,15H,7,9,11-13H2,(H,26,27)/t15-,22+/m0/s1. The number of hydrogen-bond donors (Lipinski definition) is 1. The molecular weight excluding hydrogens is 356 g/mol. The number of benzene rings is 2. The maximum Gasteiger partial charge on any atom is 0.311 e. The lowest BCUT2D eigenvalue weighted by molar-refractivity contribution is -0.157. The van der Waals surface area contributed by atoms with Crippen LogP contribution in [0.3, 0.4) is 0 Å². The fourth-order valence-corrected chi connectivity index (χ4v) is 4.72. The van der Waals surface area contributed by atoms with Gasteiger partial charge in [-0.1, -0.05) is 30.3 Å². The van der Waals surface area contributed by atoms with Gasteiger partial charge in [0, 0.05) is 37.2 Å². The summed E-state index contributed by atoms with van der Waals surface area (Å²) in [5.74, 6) is -1.18. The molecule has 0 radical (unpaired) electrons. The number of ether oxygens (including phenoxy) is 1. The summed E-state index contributed by atoms with van der Waals surface area (Å²) < 4.78 is 5.51. The first kappa shape index (κ1) is 17.1. The second-order valence-electron chi connectivity index (χ2n) is 7.71. The molecule has 142 valence electrons. The van der Waals surface area contributed by atoms with E-state index in [0.717, 1.165) is 16.2 Å². The minimum Gasteiger partial charge on any atom is -0.481 e. The monoisotopic (exact) mass is 376 g/mol. The molecule has 6 nitrogen and oxygen atoms in total. The number of aromatic nitrogens is 1. The fourth-order valence-electron chi connectivity index (χ4n) is 4.72. The van der Waals surface area contributed by atoms with Crippen LogP contribution in [0.15, 0.2) is 48.7 Å². The van der Waals surface area contributed by atoms with Gasteiger partial charge in [-0.3, -0.25) is 14.6 Å². The molecule has 2 atom stereocenters. The number of carbonyl (C=O) groups excluding carboxylic acids is 1. The molecule has 2 aliphatic rings. The van der Waals surface area contributed by atoms with Crippen molar-refractivity contribution in [1.29, 1.82) is 0 Å². The van der Waals surface area contributed by atoms with Gasteiger partial charge in [-0.2, -0.15) is 0 Å². The number of hydrogen-bond acceptors (Lipinski definition) is 4. The third-order valence-electron chi connectivity index (χ3n) is 6.26. The molecule has 1 aromatic heterocycles. The van der Waals surface area contributed by atoms with Crippen molar-refractivity contribution in [3.63, 3.8) is 0 Å². The summed E-state index contributed by atoms with van der Waals surface area (Å²) in [4.78, 5) is 31.7. The SMILES string of the molecule is O=C(c1cc2ccccc2c2cccnc12)N1C[C@H]2COCC[C@@]2(C(=O)O)C1. The van der Waals surface area contributed by atoms with E-state index in [0.29, 0.717) is 37.3 Å². The minimum absolute atomic E-state index is 0.163. The average Bonchev–Trinajstić information content (AvgIpc) is 3.14. The first-order valence-corrected chi connectivity index (χ1v) is 9.47. The number of rotatable bonds is 2. The van der Waals surface area contributed by atoms with Gasteiger partial charge in [-0.05, 0) is 29.3 Å². The highest BCUT2D eigenvalue weighted by Gasteiger charge is 2.55. The first-order valence-electron chi connectivity index (χ1n) is 9.47. The van der Waals surface area contributed by atoms with Gasteiger partial charge in [0.25, 0.3) is 5.91 Å². The van der Waals surface area contributed by atoms with E-state index in [-0.39, 0.29) is 18.4 Å². The normalized spacial score (nSPS) is 24.4. The molecule has 2 fully saturated rings. The van der Waals surface area contributed by atoms with Crippen molar-refractivity contribution in [3.05, 3.63) is 54.2 Å². The second-order valence-corrected chi connectivity index (χ2v) is 7.71. The molecule has 0 aliphatic carbocycles. The van der Waals surface area contributed by atoms with Gasteiger partial charge in [0.1, 0.15) is 0 Å². The van der Waals surface area contributed by atoms with Crippen LogP contribution < -0.4 is 0 Å². The number of aliphatic carboxylic acids is 1. The van der Waals surface area contributed by atoms with E-state index in [9.17, 15) is 14.7 Å². The van der Waals surface area contributed by atoms with Crippen LogP contribution in [0.25, 0.3) is 21.7 Å². The van der Waals surface area contributed by atoms with Crippen LogP contribution in [0.5, 0.6) is 0 Å². The van der Waals surface area contributed by atoms with Crippen molar-refractivity contribution in [1.82, 2.24) is 9.88 Å². The predicted octanol–water partition coefficient (Wildman–Crippen LogP) is 2.95. The molecule has 1 amide bonds. The lowest BCUT2D eigenvalue weighted by Gasteiger charge is -2.33. The highest BCUT2D eigenvalue weighted by molar-refractivity contribution is 6.15. The van der Waals surface area contributed by atoms with E-state index in [1.54, 1.807) is 11.1 Å². The summed E-state index contributed by atoms with van der Waals surface area (Å²) in [6.07, 6.45) is 2.12. The molecule has 28 heavy (non-hydrogen) atoms. The summed E-state index contributed by atoms with van der Waals surface area (Å²) in [5, 5.41) is 12.8. The third-order valence-corrected chi connectivity index (χ3v) is 6.26. The van der Waals surface area contributed by atoms with Gasteiger partial charge in [0.2, 0.25) is 0 Å². The smallest absolute Gasteiger partial charge is 0.311 e. The Morgan fingerprint density at radius 1 is 1.18 bits per heavy atom. The Balaban J connectivity index is 1.60. The lowest BCUT2D eigenvalue weighted by atomic mass is 9.74. The number of carbonyl (C=O) groups is 2. The van der Waals surface area contributed by atoms with E-state index in [1.165, 1.54) is 0 Å². The van der Waals surface area contributed by atoms with Gasteiger partial charge in [0.15, 0.2) is 0 Å². The summed E-state index contributed by atoms with van der Waals surface area (Å²) in [5.41, 5.74) is 0.268. The summed E-state index contributed by atoms with van der Waals surface area (Å²) in [7, 11) is 0. The highest BCUT2D eigenvalue weighted by atomic mass is 16.5. The number of likely N-dealkylation sites (tertiary alicyclic amines) is 1. The molecule has 0 saturated carbocycles. The molecule has 1 N–H and O–H groups in total. The van der Waals surface area contributed by atoms with Crippen molar-refractivity contribution in [2.24, 2.45) is 11.3 Å². The third kappa shape index (κ3) is 2.41. The van der Waals surface area contributed by atoms with Gasteiger partial charge in [0.05, 0.1) is 23.1 Å². The van der Waals surface area contributed by atoms with E-state index in [1.807, 2.05) is 42.5 Å². The van der Waals surface area contributed by atoms with Crippen LogP contribution in [0.4, 0.5) is 0 Å². The van der Waals surface area contributed by atoms with E-state index in [2.05, 4.69) is 4.98 Å². The Morgan fingerprint density at radius 2 is 2.00 bits per heavy atom. The van der Waals surface area contributed by atoms with Crippen LogP contribution in [0, 0.1) is 11.3 Å². The number of carboxylic acid groups (broad SMARTS) is 1. The Hall–Kier alpha value is -2.99. The van der Waals surface area contributed by atoms with Crippen molar-refractivity contribution >= 4 is 33.6 Å². The van der Waals surface area contributed by atoms with E-state index < -0.39 is 11.4 Å². The van der Waals surface area contributed by atoms with Crippen LogP contribution in [0.1, 0.15) is 16.8 Å². The number of carboxylic acids is 1. The molecule has 0 bridgehead atoms. The molecule has 3 aromatic rings. The van der Waals surface area contributed by atoms with Crippen molar-refractivity contribution < 1.29 is 19.4 Å². The Bertz CT molecular complexity index is 1110. The Morgan fingerprint density at radius 3 is 2.82 bits per heavy atom. The summed E-state index contributed by atoms with van der Waals surface area (Å²) in [6.45, 7) is 1.42. The zero-order chi connectivity index (χ0) is 19.3. The molecular formula is C22H20N2O4. The maximum atomic E-state index is 13.5. The number of nitrogens with zero attached hydrogens (tertiary/aromatic N) is 2. The van der Waals surface area contributed by atoms with Crippen molar-refractivity contribution in [2.75, 3.05) is 26.3 Å². The molecule has 2 saturated heterocycles. The number of pyridine rings is 1. The second kappa shape index (κ2) is 6.27. The predicted molar refractivity (Wildman–Crippen MR) is 104 cm³/mol. The van der Waals surface area contributed by atoms with E-state index in [4.69, 9.17) is 4.74 Å². The average molecular weight is 376 g/mol. The highest BCUT2D eigenvalue weighted by Crippen LogP contribution is 2.43. The topological polar surface area (TPSA) is 79.7 Å². The van der Waals surface area contributed by atoms with Crippen LogP contribution in [0.2, 0.25) is 0 Å². The van der Waals surface area contributed by atoms with Crippen LogP contribution >= 0.6 is 0 Å². The zero-order valence-electron chi connectivity index (χ0n) is 15.3. The van der Waals surface area contributed by atoms with Crippen molar-refractivity contribution in [3.8, 4) is 0 Å². The molecule has 0 spiro atoms. The zero-order valence-corrected chi connectivity index (χ0v) is 15.3. The fraction of sp³-hybridized carbons (Fsp3) is 0.318. The Kier molecular flexibility index (Phi) is 3.84. The molecule has 2 aromatic carbocycles. The summed E-state index contributed by atoms with van der Waals surface area (Å²) in [6, 6.07) is 13.6. The largest absolute Gasteiger partial charge is 0.481 e. The Labute approximate surface area is 161 Å². The number of amides is 1. The van der Waals surface area contributed by atoms with Gasteiger partial charge >= 0.3 is 5.97 Å². The lowest BCUT2D eigenvalue weighted by Crippen LogP contribution is -2.45. The van der Waals surface area contributed by atoms with Gasteiger partial charge < -0.3 is 14.7 Å². The maximum absolute atomic E-state index is 13.5. The molecule has 0 unspecified atom stereocenters. The quantitative estimate of drug-likeness (QED) is 0.696. The molecule has 6 heteroatoms. The molecule has 3 heterocycles. The number of fused-ring (bicyclic) bond motifs is 4. The molecule has 2 aliphatic heterocycles. The first-order chi connectivity index (χ1) is 13.6. The molecule has 5 rings (SSSR count). The van der Waals surface area contributed by atoms with Gasteiger partial charge in [-0.25, -0.2) is 0 Å². The van der Waals surface area contributed by atoms with Crippen molar-refractivity contribution in [2.45, 2.75) is 6.42 Å².